The highest BCUT2D eigenvalue weighted by molar-refractivity contribution is 6.35. The van der Waals surface area contributed by atoms with E-state index >= 15 is 0 Å². The molecule has 1 heterocycles. The molecule has 2 heteroatoms. The van der Waals surface area contributed by atoms with Crippen molar-refractivity contribution in [3.63, 3.8) is 0 Å². The number of hydrogen-bond acceptors (Lipinski definition) is 1. The lowest BCUT2D eigenvalue weighted by Gasteiger charge is -2.19. The molecule has 0 saturated carbocycles. The molecule has 1 aliphatic rings. The molecule has 0 aromatic heterocycles. The van der Waals surface area contributed by atoms with Gasteiger partial charge >= 0.3 is 0 Å². The van der Waals surface area contributed by atoms with E-state index in [2.05, 4.69) is 43.8 Å². The van der Waals surface area contributed by atoms with Crippen molar-refractivity contribution in [1.29, 1.82) is 0 Å². The Balaban J connectivity index is 1.91. The van der Waals surface area contributed by atoms with Gasteiger partial charge in [-0.2, -0.15) is 0 Å². The first-order valence-corrected chi connectivity index (χ1v) is 9.00. The largest absolute Gasteiger partial charge is 0.455 e. The lowest BCUT2D eigenvalue weighted by atomic mass is 9.85. The van der Waals surface area contributed by atoms with Crippen molar-refractivity contribution in [1.82, 2.24) is 0 Å². The Morgan fingerprint density at radius 3 is 2.23 bits per heavy atom. The van der Waals surface area contributed by atoms with Crippen LogP contribution in [0.4, 0.5) is 0 Å². The van der Waals surface area contributed by atoms with E-state index in [0.29, 0.717) is 10.8 Å². The minimum absolute atomic E-state index is 0.0390. The first kappa shape index (κ1) is 16.7. The Labute approximate surface area is 159 Å². The normalized spacial score (nSPS) is 16.7. The second kappa shape index (κ2) is 6.86. The Hall–Kier alpha value is -2.77. The van der Waals surface area contributed by atoms with E-state index in [1.807, 2.05) is 48.5 Å². The Kier molecular flexibility index (Phi) is 4.40. The molecule has 1 unspecified atom stereocenters. The molecule has 3 aromatic carbocycles. The number of hydrogen-bond donors (Lipinski definition) is 0. The van der Waals surface area contributed by atoms with Crippen molar-refractivity contribution in [2.45, 2.75) is 12.8 Å². The number of fused-ring (bicyclic) bond motifs is 1. The van der Waals surface area contributed by atoms with Crippen LogP contribution >= 0.6 is 11.6 Å². The number of para-hydroxylation sites is 1. The molecule has 4 rings (SSSR count). The predicted octanol–water partition coefficient (Wildman–Crippen LogP) is 6.68. The summed E-state index contributed by atoms with van der Waals surface area (Å²) < 4.78 is 6.30. The van der Waals surface area contributed by atoms with Gasteiger partial charge in [-0.3, -0.25) is 0 Å². The minimum atomic E-state index is -0.0390. The maximum Gasteiger partial charge on any atom is 0.153 e. The first-order chi connectivity index (χ1) is 12.6. The third kappa shape index (κ3) is 2.95. The number of allylic oxidation sites excluding steroid dienone is 2. The maximum absolute atomic E-state index is 6.80. The van der Waals surface area contributed by atoms with Crippen LogP contribution in [0.1, 0.15) is 28.2 Å². The molecular weight excluding hydrogens is 340 g/mol. The second-order valence-electron chi connectivity index (χ2n) is 6.52. The maximum atomic E-state index is 6.80. The van der Waals surface area contributed by atoms with E-state index in [4.69, 9.17) is 16.3 Å². The molecule has 0 spiro atoms. The van der Waals surface area contributed by atoms with Crippen molar-refractivity contribution in [3.8, 4) is 5.75 Å². The molecule has 1 aliphatic heterocycles. The zero-order valence-electron chi connectivity index (χ0n) is 14.6. The monoisotopic (exact) mass is 358 g/mol. The average Bonchev–Trinajstić information content (AvgIpc) is 2.78. The lowest BCUT2D eigenvalue weighted by molar-refractivity contribution is 0.510. The van der Waals surface area contributed by atoms with Gasteiger partial charge in [0.05, 0.1) is 5.03 Å². The molecule has 3 aromatic rings. The van der Waals surface area contributed by atoms with Gasteiger partial charge in [-0.15, -0.1) is 0 Å². The summed E-state index contributed by atoms with van der Waals surface area (Å²) in [6, 6.07) is 26.6. The van der Waals surface area contributed by atoms with Gasteiger partial charge in [-0.1, -0.05) is 96.5 Å². The van der Waals surface area contributed by atoms with Crippen molar-refractivity contribution in [2.75, 3.05) is 0 Å². The molecule has 0 fully saturated rings. The zero-order chi connectivity index (χ0) is 18.1. The predicted molar refractivity (Wildman–Crippen MR) is 108 cm³/mol. The number of benzene rings is 3. The van der Waals surface area contributed by atoms with Crippen molar-refractivity contribution in [2.24, 2.45) is 0 Å². The minimum Gasteiger partial charge on any atom is -0.455 e. The SMILES string of the molecule is C=C1C(Cl)=C(c2ccc(C)cc2)Oc2ccccc2C1c1ccccc1. The summed E-state index contributed by atoms with van der Waals surface area (Å²) in [5, 5.41) is 0.568. The summed E-state index contributed by atoms with van der Waals surface area (Å²) in [4.78, 5) is 0. The van der Waals surface area contributed by atoms with Crippen LogP contribution in [0.15, 0.2) is 96.0 Å². The Morgan fingerprint density at radius 1 is 0.846 bits per heavy atom. The van der Waals surface area contributed by atoms with Crippen LogP contribution in [-0.4, -0.2) is 0 Å². The molecule has 0 radical (unpaired) electrons. The van der Waals surface area contributed by atoms with Gasteiger partial charge in [-0.05, 0) is 24.1 Å². The highest BCUT2D eigenvalue weighted by Crippen LogP contribution is 2.46. The van der Waals surface area contributed by atoms with Crippen LogP contribution in [0.2, 0.25) is 0 Å². The fourth-order valence-corrected chi connectivity index (χ4v) is 3.60. The van der Waals surface area contributed by atoms with Crippen molar-refractivity contribution >= 4 is 17.4 Å². The molecule has 128 valence electrons. The van der Waals surface area contributed by atoms with Crippen LogP contribution in [0, 0.1) is 6.92 Å². The van der Waals surface area contributed by atoms with E-state index in [-0.39, 0.29) is 5.92 Å². The van der Waals surface area contributed by atoms with Crippen molar-refractivity contribution < 1.29 is 4.74 Å². The summed E-state index contributed by atoms with van der Waals surface area (Å²) in [5.41, 5.74) is 5.21. The number of ether oxygens (including phenoxy) is 1. The fraction of sp³-hybridized carbons (Fsp3) is 0.0833. The quantitative estimate of drug-likeness (QED) is 0.496. The molecule has 1 nitrogen and oxygen atoms in total. The Bertz CT molecular complexity index is 984. The van der Waals surface area contributed by atoms with Gasteiger partial charge in [-0.25, -0.2) is 0 Å². The lowest BCUT2D eigenvalue weighted by Crippen LogP contribution is -2.03. The molecular formula is C24H19ClO. The van der Waals surface area contributed by atoms with E-state index in [1.165, 1.54) is 5.56 Å². The highest BCUT2D eigenvalue weighted by atomic mass is 35.5. The summed E-state index contributed by atoms with van der Waals surface area (Å²) in [7, 11) is 0. The standard InChI is InChI=1S/C24H19ClO/c1-16-12-14-19(15-13-16)24-23(25)17(2)22(18-8-4-3-5-9-18)20-10-6-7-11-21(20)26-24/h3-15,22H,2H2,1H3. The third-order valence-corrected chi connectivity index (χ3v) is 5.13. The molecule has 0 amide bonds. The van der Waals surface area contributed by atoms with Crippen LogP contribution in [0.3, 0.4) is 0 Å². The Morgan fingerprint density at radius 2 is 1.50 bits per heavy atom. The van der Waals surface area contributed by atoms with Crippen LogP contribution < -0.4 is 4.74 Å². The van der Waals surface area contributed by atoms with Gasteiger partial charge in [0.25, 0.3) is 0 Å². The van der Waals surface area contributed by atoms with Gasteiger partial charge in [0.2, 0.25) is 0 Å². The highest BCUT2D eigenvalue weighted by Gasteiger charge is 2.29. The summed E-state index contributed by atoms with van der Waals surface area (Å²) in [5.74, 6) is 1.43. The van der Waals surface area contributed by atoms with Gasteiger partial charge in [0.15, 0.2) is 5.76 Å². The van der Waals surface area contributed by atoms with Gasteiger partial charge in [0, 0.05) is 17.0 Å². The van der Waals surface area contributed by atoms with Crippen LogP contribution in [0.25, 0.3) is 5.76 Å². The summed E-state index contributed by atoms with van der Waals surface area (Å²) in [6.07, 6.45) is 0. The third-order valence-electron chi connectivity index (χ3n) is 4.72. The molecule has 26 heavy (non-hydrogen) atoms. The van der Waals surface area contributed by atoms with E-state index in [9.17, 15) is 0 Å². The number of halogens is 1. The summed E-state index contributed by atoms with van der Waals surface area (Å²) in [6.45, 7) is 6.40. The van der Waals surface area contributed by atoms with Gasteiger partial charge < -0.3 is 4.74 Å². The topological polar surface area (TPSA) is 9.23 Å². The fourth-order valence-electron chi connectivity index (χ4n) is 3.34. The molecule has 0 aliphatic carbocycles. The summed E-state index contributed by atoms with van der Waals surface area (Å²) >= 11 is 6.80. The molecule has 0 N–H and O–H groups in total. The second-order valence-corrected chi connectivity index (χ2v) is 6.90. The average molecular weight is 359 g/mol. The smallest absolute Gasteiger partial charge is 0.153 e. The van der Waals surface area contributed by atoms with E-state index < -0.39 is 0 Å². The zero-order valence-corrected chi connectivity index (χ0v) is 15.3. The molecule has 0 saturated heterocycles. The molecule has 0 bridgehead atoms. The van der Waals surface area contributed by atoms with Gasteiger partial charge in [0.1, 0.15) is 5.75 Å². The van der Waals surface area contributed by atoms with Crippen molar-refractivity contribution in [3.05, 3.63) is 118 Å². The van der Waals surface area contributed by atoms with E-state index in [0.717, 1.165) is 28.0 Å². The first-order valence-electron chi connectivity index (χ1n) is 8.63. The number of aryl methyl sites for hydroxylation is 1. The molecule has 1 atom stereocenters. The van der Waals surface area contributed by atoms with Crippen LogP contribution in [0.5, 0.6) is 5.75 Å². The van der Waals surface area contributed by atoms with E-state index in [1.54, 1.807) is 0 Å². The number of rotatable bonds is 2. The van der Waals surface area contributed by atoms with Crippen LogP contribution in [-0.2, 0) is 0 Å².